The molecule has 1 fully saturated rings. The van der Waals surface area contributed by atoms with E-state index in [1.165, 1.54) is 0 Å². The number of nitriles is 1. The second-order valence-electron chi connectivity index (χ2n) is 6.45. The van der Waals surface area contributed by atoms with Gasteiger partial charge in [-0.3, -0.25) is 0 Å². The summed E-state index contributed by atoms with van der Waals surface area (Å²) in [5, 5.41) is 23.9. The third-order valence-electron chi connectivity index (χ3n) is 4.79. The summed E-state index contributed by atoms with van der Waals surface area (Å²) in [5.41, 5.74) is 2.03. The average Bonchev–Trinajstić information content (AvgIpc) is 2.55. The van der Waals surface area contributed by atoms with Gasteiger partial charge in [-0.25, -0.2) is 4.98 Å². The van der Waals surface area contributed by atoms with Gasteiger partial charge in [0, 0.05) is 23.0 Å². The van der Waals surface area contributed by atoms with Crippen molar-refractivity contribution in [2.45, 2.75) is 38.7 Å². The van der Waals surface area contributed by atoms with Gasteiger partial charge in [-0.1, -0.05) is 38.0 Å². The molecule has 1 aromatic heterocycles. The molecule has 0 saturated heterocycles. The zero-order valence-corrected chi connectivity index (χ0v) is 12.8. The summed E-state index contributed by atoms with van der Waals surface area (Å²) >= 11 is 0. The van der Waals surface area contributed by atoms with Crippen molar-refractivity contribution >= 4 is 16.6 Å². The van der Waals surface area contributed by atoms with E-state index in [0.29, 0.717) is 12.2 Å². The van der Waals surface area contributed by atoms with Gasteiger partial charge in [-0.15, -0.1) is 0 Å². The first-order chi connectivity index (χ1) is 10.6. The van der Waals surface area contributed by atoms with Crippen molar-refractivity contribution in [1.29, 1.82) is 5.26 Å². The Morgan fingerprint density at radius 1 is 1.41 bits per heavy atom. The van der Waals surface area contributed by atoms with Crippen LogP contribution in [-0.2, 0) is 0 Å². The molecule has 3 rings (SSSR count). The molecule has 4 nitrogen and oxygen atoms in total. The van der Waals surface area contributed by atoms with Gasteiger partial charge in [-0.2, -0.15) is 5.26 Å². The summed E-state index contributed by atoms with van der Waals surface area (Å²) < 4.78 is 0. The van der Waals surface area contributed by atoms with Crippen molar-refractivity contribution in [2.24, 2.45) is 5.41 Å². The molecular weight excluding hydrogens is 274 g/mol. The minimum atomic E-state index is -0.266. The van der Waals surface area contributed by atoms with Gasteiger partial charge < -0.3 is 10.4 Å². The monoisotopic (exact) mass is 295 g/mol. The van der Waals surface area contributed by atoms with E-state index in [9.17, 15) is 5.11 Å². The lowest BCUT2D eigenvalue weighted by Gasteiger charge is -2.38. The van der Waals surface area contributed by atoms with Crippen LogP contribution in [-0.4, -0.2) is 22.7 Å². The summed E-state index contributed by atoms with van der Waals surface area (Å²) in [5.74, 6) is 0. The highest BCUT2D eigenvalue weighted by Crippen LogP contribution is 2.36. The maximum absolute atomic E-state index is 10.3. The van der Waals surface area contributed by atoms with Gasteiger partial charge >= 0.3 is 0 Å². The Morgan fingerprint density at radius 2 is 2.23 bits per heavy atom. The molecule has 1 aromatic carbocycles. The molecule has 0 radical (unpaired) electrons. The molecule has 2 unspecified atom stereocenters. The Labute approximate surface area is 130 Å². The number of pyridine rings is 1. The van der Waals surface area contributed by atoms with E-state index in [1.807, 2.05) is 24.3 Å². The topological polar surface area (TPSA) is 68.9 Å². The van der Waals surface area contributed by atoms with Crippen LogP contribution in [0.25, 0.3) is 10.9 Å². The highest BCUT2D eigenvalue weighted by atomic mass is 16.3. The number of benzene rings is 1. The Kier molecular flexibility index (Phi) is 4.00. The van der Waals surface area contributed by atoms with Crippen molar-refractivity contribution in [3.05, 3.63) is 36.0 Å². The lowest BCUT2D eigenvalue weighted by molar-refractivity contribution is 0.00964. The zero-order chi connectivity index (χ0) is 15.6. The highest BCUT2D eigenvalue weighted by molar-refractivity contribution is 5.91. The summed E-state index contributed by atoms with van der Waals surface area (Å²) in [6, 6.07) is 11.7. The molecule has 1 aliphatic rings. The number of anilines is 1. The Morgan fingerprint density at radius 3 is 3.00 bits per heavy atom. The fourth-order valence-electron chi connectivity index (χ4n) is 3.26. The number of nitrogens with one attached hydrogen (secondary N) is 1. The Balaban J connectivity index is 1.89. The third-order valence-corrected chi connectivity index (χ3v) is 4.79. The number of aliphatic hydroxyl groups is 1. The minimum Gasteiger partial charge on any atom is -0.392 e. The second-order valence-corrected chi connectivity index (χ2v) is 6.45. The Bertz CT molecular complexity index is 722. The molecular formula is C18H21N3O. The number of fused-ring (bicyclic) bond motifs is 1. The molecule has 114 valence electrons. The van der Waals surface area contributed by atoms with E-state index >= 15 is 0 Å². The van der Waals surface area contributed by atoms with E-state index in [4.69, 9.17) is 5.26 Å². The third kappa shape index (κ3) is 2.77. The van der Waals surface area contributed by atoms with Crippen LogP contribution >= 0.6 is 0 Å². The van der Waals surface area contributed by atoms with Crippen LogP contribution < -0.4 is 5.32 Å². The lowest BCUT2D eigenvalue weighted by Crippen LogP contribution is -2.41. The molecule has 1 aliphatic carbocycles. The maximum Gasteiger partial charge on any atom is 0.143 e. The smallest absolute Gasteiger partial charge is 0.143 e. The fourth-order valence-corrected chi connectivity index (χ4v) is 3.26. The summed E-state index contributed by atoms with van der Waals surface area (Å²) in [6.07, 6.45) is 3.90. The van der Waals surface area contributed by atoms with Gasteiger partial charge in [0.2, 0.25) is 0 Å². The number of hydrogen-bond acceptors (Lipinski definition) is 4. The second kappa shape index (κ2) is 5.94. The van der Waals surface area contributed by atoms with Crippen LogP contribution in [0.5, 0.6) is 0 Å². The molecule has 1 saturated carbocycles. The SMILES string of the molecule is CC1(CNc2cc(C#N)nc3ccccc23)CCCCC1O. The lowest BCUT2D eigenvalue weighted by atomic mass is 9.73. The van der Waals surface area contributed by atoms with E-state index in [1.54, 1.807) is 6.07 Å². The van der Waals surface area contributed by atoms with Crippen LogP contribution in [0.1, 0.15) is 38.3 Å². The Hall–Kier alpha value is -2.12. The summed E-state index contributed by atoms with van der Waals surface area (Å²) in [6.45, 7) is 2.84. The molecule has 1 heterocycles. The molecule has 2 atom stereocenters. The number of aliphatic hydroxyl groups excluding tert-OH is 1. The largest absolute Gasteiger partial charge is 0.392 e. The standard InChI is InChI=1S/C18H21N3O/c1-18(9-5-4-8-17(18)22)12-20-16-10-13(11-19)21-15-7-3-2-6-14(15)16/h2-3,6-7,10,17,22H,4-5,8-9,12H2,1H3,(H,20,21). The van der Waals surface area contributed by atoms with Gasteiger partial charge in [-0.05, 0) is 25.0 Å². The van der Waals surface area contributed by atoms with Gasteiger partial charge in [0.15, 0.2) is 0 Å². The normalized spacial score (nSPS) is 24.9. The van der Waals surface area contributed by atoms with Crippen LogP contribution in [0, 0.1) is 16.7 Å². The van der Waals surface area contributed by atoms with Crippen LogP contribution in [0.3, 0.4) is 0 Å². The summed E-state index contributed by atoms with van der Waals surface area (Å²) in [7, 11) is 0. The first kappa shape index (κ1) is 14.8. The van der Waals surface area contributed by atoms with Crippen LogP contribution in [0.4, 0.5) is 5.69 Å². The zero-order valence-electron chi connectivity index (χ0n) is 12.8. The summed E-state index contributed by atoms with van der Waals surface area (Å²) in [4.78, 5) is 4.33. The molecule has 0 amide bonds. The predicted molar refractivity (Wildman–Crippen MR) is 87.5 cm³/mol. The van der Waals surface area contributed by atoms with E-state index in [2.05, 4.69) is 23.3 Å². The average molecular weight is 295 g/mol. The van der Waals surface area contributed by atoms with Gasteiger partial charge in [0.05, 0.1) is 11.6 Å². The van der Waals surface area contributed by atoms with E-state index in [-0.39, 0.29) is 11.5 Å². The number of hydrogen-bond donors (Lipinski definition) is 2. The van der Waals surface area contributed by atoms with Crippen molar-refractivity contribution in [3.8, 4) is 6.07 Å². The molecule has 2 N–H and O–H groups in total. The van der Waals surface area contributed by atoms with Gasteiger partial charge in [0.25, 0.3) is 0 Å². The molecule has 4 heteroatoms. The van der Waals surface area contributed by atoms with E-state index < -0.39 is 0 Å². The van der Waals surface area contributed by atoms with E-state index in [0.717, 1.165) is 42.3 Å². The van der Waals surface area contributed by atoms with Crippen molar-refractivity contribution in [1.82, 2.24) is 4.98 Å². The maximum atomic E-state index is 10.3. The molecule has 2 aromatic rings. The predicted octanol–water partition coefficient (Wildman–Crippen LogP) is 3.46. The fraction of sp³-hybridized carbons (Fsp3) is 0.444. The van der Waals surface area contributed by atoms with Gasteiger partial charge in [0.1, 0.15) is 11.8 Å². The van der Waals surface area contributed by atoms with Crippen molar-refractivity contribution in [2.75, 3.05) is 11.9 Å². The number of rotatable bonds is 3. The number of para-hydroxylation sites is 1. The highest BCUT2D eigenvalue weighted by Gasteiger charge is 2.35. The molecule has 0 bridgehead atoms. The molecule has 22 heavy (non-hydrogen) atoms. The quantitative estimate of drug-likeness (QED) is 0.910. The number of nitrogens with zero attached hydrogens (tertiary/aromatic N) is 2. The van der Waals surface area contributed by atoms with Crippen LogP contribution in [0.15, 0.2) is 30.3 Å². The first-order valence-electron chi connectivity index (χ1n) is 7.84. The van der Waals surface area contributed by atoms with Crippen molar-refractivity contribution < 1.29 is 5.11 Å². The van der Waals surface area contributed by atoms with Crippen molar-refractivity contribution in [3.63, 3.8) is 0 Å². The minimum absolute atomic E-state index is 0.116. The number of aromatic nitrogens is 1. The first-order valence-corrected chi connectivity index (χ1v) is 7.84. The van der Waals surface area contributed by atoms with Crippen LogP contribution in [0.2, 0.25) is 0 Å². The molecule has 0 spiro atoms. The molecule has 0 aliphatic heterocycles.